The van der Waals surface area contributed by atoms with E-state index in [1.807, 2.05) is 0 Å². The molecule has 6 rings (SSSR count). The second kappa shape index (κ2) is 9.13. The van der Waals surface area contributed by atoms with E-state index in [0.29, 0.717) is 11.3 Å². The summed E-state index contributed by atoms with van der Waals surface area (Å²) in [6.45, 7) is 6.87. The van der Waals surface area contributed by atoms with Crippen molar-refractivity contribution in [2.45, 2.75) is 122 Å². The number of ether oxygens (including phenoxy) is 4. The summed E-state index contributed by atoms with van der Waals surface area (Å²) in [6, 6.07) is 0. The van der Waals surface area contributed by atoms with Crippen LogP contribution >= 0.6 is 0 Å². The fourth-order valence-corrected chi connectivity index (χ4v) is 9.11. The minimum Gasteiger partial charge on any atom is -0.470 e. The van der Waals surface area contributed by atoms with Crippen LogP contribution in [0, 0.1) is 34.5 Å². The van der Waals surface area contributed by atoms with Crippen molar-refractivity contribution in [1.82, 2.24) is 0 Å². The lowest BCUT2D eigenvalue weighted by Crippen LogP contribution is -2.58. The van der Waals surface area contributed by atoms with Crippen LogP contribution in [0.5, 0.6) is 0 Å². The van der Waals surface area contributed by atoms with Crippen molar-refractivity contribution in [2.75, 3.05) is 13.2 Å². The van der Waals surface area contributed by atoms with Crippen molar-refractivity contribution in [1.29, 1.82) is 0 Å². The molecule has 2 saturated heterocycles. The Balaban J connectivity index is 1.28. The average Bonchev–Trinajstić information content (AvgIpc) is 3.23. The average molecular weight is 459 g/mol. The Morgan fingerprint density at radius 3 is 2.33 bits per heavy atom. The van der Waals surface area contributed by atoms with Crippen molar-refractivity contribution in [3.63, 3.8) is 0 Å². The summed E-state index contributed by atoms with van der Waals surface area (Å²) in [5.74, 6) is 4.25. The van der Waals surface area contributed by atoms with Gasteiger partial charge in [0.1, 0.15) is 0 Å². The number of hydrogen-bond donors (Lipinski definition) is 0. The number of allylic oxidation sites excluding steroid dienone is 1. The summed E-state index contributed by atoms with van der Waals surface area (Å²) in [5, 5.41) is 0. The van der Waals surface area contributed by atoms with Crippen molar-refractivity contribution < 1.29 is 18.9 Å². The first-order chi connectivity index (χ1) is 16.1. The van der Waals surface area contributed by atoms with Gasteiger partial charge in [-0.15, -0.1) is 0 Å². The van der Waals surface area contributed by atoms with Gasteiger partial charge in [-0.3, -0.25) is 0 Å². The summed E-state index contributed by atoms with van der Waals surface area (Å²) >= 11 is 0. The minimum absolute atomic E-state index is 0.0350. The van der Waals surface area contributed by atoms with Crippen molar-refractivity contribution in [3.05, 3.63) is 11.8 Å². The maximum absolute atomic E-state index is 6.93. The second-order valence-electron chi connectivity index (χ2n) is 12.7. The first-order valence-corrected chi connectivity index (χ1v) is 14.3. The Bertz CT molecular complexity index is 723. The first kappa shape index (κ1) is 22.9. The molecule has 0 amide bonds. The maximum Gasteiger partial charge on any atom is 0.199 e. The Morgan fingerprint density at radius 2 is 1.58 bits per heavy atom. The van der Waals surface area contributed by atoms with Crippen LogP contribution in [0.15, 0.2) is 11.8 Å². The topological polar surface area (TPSA) is 36.9 Å². The van der Waals surface area contributed by atoms with Crippen molar-refractivity contribution in [3.8, 4) is 0 Å². The molecule has 0 N–H and O–H groups in total. The summed E-state index contributed by atoms with van der Waals surface area (Å²) in [7, 11) is 0. The second-order valence-corrected chi connectivity index (χ2v) is 12.7. The molecular weight excluding hydrogens is 412 g/mol. The molecule has 186 valence electrons. The van der Waals surface area contributed by atoms with Crippen LogP contribution in [0.1, 0.15) is 104 Å². The predicted octanol–water partition coefficient (Wildman–Crippen LogP) is 6.98. The van der Waals surface area contributed by atoms with Gasteiger partial charge in [-0.25, -0.2) is 0 Å². The number of hydrogen-bond acceptors (Lipinski definition) is 4. The van der Waals surface area contributed by atoms with E-state index in [2.05, 4.69) is 19.9 Å². The van der Waals surface area contributed by atoms with Crippen LogP contribution in [0.25, 0.3) is 0 Å². The molecule has 6 aliphatic rings. The van der Waals surface area contributed by atoms with Crippen LogP contribution < -0.4 is 0 Å². The SMILES string of the molecule is C[C@@]12CCC[C@H]1[C@@H]1CCC3C=C(OC4CCCCO4)CC(OC4CCCCO4)[C@]3(C)[C@@H]1CC2. The van der Waals surface area contributed by atoms with Gasteiger partial charge in [0.2, 0.25) is 0 Å². The monoisotopic (exact) mass is 458 g/mol. The normalized spacial score (nSPS) is 50.0. The molecule has 0 aromatic rings. The maximum atomic E-state index is 6.93. The molecule has 4 heteroatoms. The van der Waals surface area contributed by atoms with Gasteiger partial charge in [-0.2, -0.15) is 0 Å². The van der Waals surface area contributed by atoms with E-state index in [0.717, 1.165) is 62.4 Å². The highest BCUT2D eigenvalue weighted by Crippen LogP contribution is 2.66. The molecular formula is C29H46O4. The molecule has 4 unspecified atom stereocenters. The minimum atomic E-state index is -0.0637. The molecule has 2 aliphatic heterocycles. The summed E-state index contributed by atoms with van der Waals surface area (Å²) in [4.78, 5) is 0. The quantitative estimate of drug-likeness (QED) is 0.455. The van der Waals surface area contributed by atoms with E-state index in [1.165, 1.54) is 64.2 Å². The van der Waals surface area contributed by atoms with Crippen LogP contribution in [0.3, 0.4) is 0 Å². The Morgan fingerprint density at radius 1 is 0.788 bits per heavy atom. The van der Waals surface area contributed by atoms with Crippen LogP contribution in [0.2, 0.25) is 0 Å². The smallest absolute Gasteiger partial charge is 0.199 e. The van der Waals surface area contributed by atoms with Crippen LogP contribution in [-0.2, 0) is 18.9 Å². The Hall–Kier alpha value is -0.580. The number of rotatable bonds is 4. The van der Waals surface area contributed by atoms with Gasteiger partial charge in [0.15, 0.2) is 12.6 Å². The molecule has 0 spiro atoms. The molecule has 4 aliphatic carbocycles. The van der Waals surface area contributed by atoms with Gasteiger partial charge in [0.25, 0.3) is 0 Å². The Labute approximate surface area is 201 Å². The van der Waals surface area contributed by atoms with Gasteiger partial charge in [-0.1, -0.05) is 20.3 Å². The van der Waals surface area contributed by atoms with Gasteiger partial charge in [-0.05, 0) is 106 Å². The molecule has 4 nitrogen and oxygen atoms in total. The van der Waals surface area contributed by atoms with Crippen LogP contribution in [0.4, 0.5) is 0 Å². The molecule has 0 aromatic carbocycles. The third-order valence-electron chi connectivity index (χ3n) is 11.0. The molecule has 0 radical (unpaired) electrons. The molecule has 33 heavy (non-hydrogen) atoms. The van der Waals surface area contributed by atoms with Gasteiger partial charge < -0.3 is 18.9 Å². The third kappa shape index (κ3) is 4.10. The van der Waals surface area contributed by atoms with Gasteiger partial charge in [0.05, 0.1) is 18.5 Å². The Kier molecular flexibility index (Phi) is 6.33. The van der Waals surface area contributed by atoms with Crippen molar-refractivity contribution in [2.24, 2.45) is 34.5 Å². The third-order valence-corrected chi connectivity index (χ3v) is 11.0. The molecule has 0 aromatic heterocycles. The largest absolute Gasteiger partial charge is 0.470 e. The lowest BCUT2D eigenvalue weighted by Gasteiger charge is -2.61. The lowest BCUT2D eigenvalue weighted by atomic mass is 9.45. The van der Waals surface area contributed by atoms with Crippen LogP contribution in [-0.4, -0.2) is 31.9 Å². The summed E-state index contributed by atoms with van der Waals surface area (Å²) in [5.41, 5.74) is 0.790. The zero-order valence-electron chi connectivity index (χ0n) is 21.1. The molecule has 0 bridgehead atoms. The number of fused-ring (bicyclic) bond motifs is 5. The van der Waals surface area contributed by atoms with E-state index in [-0.39, 0.29) is 24.1 Å². The summed E-state index contributed by atoms with van der Waals surface area (Å²) in [6.07, 6.45) is 20.1. The standard InChI is InChI=1S/C29H46O4/c1-28-14-7-8-23(28)22-12-11-20-18-21(32-26-9-3-5-16-30-26)19-25(29(20,2)24(22)13-15-28)33-27-10-4-6-17-31-27/h18,20,22-27H,3-17,19H2,1-2H3/t20?,22-,23-,24+,25?,26?,27?,28-,29-/m0/s1. The highest BCUT2D eigenvalue weighted by atomic mass is 16.7. The van der Waals surface area contributed by atoms with Gasteiger partial charge in [0, 0.05) is 24.9 Å². The summed E-state index contributed by atoms with van der Waals surface area (Å²) < 4.78 is 25.5. The highest BCUT2D eigenvalue weighted by molar-refractivity contribution is 5.18. The fourth-order valence-electron chi connectivity index (χ4n) is 9.11. The van der Waals surface area contributed by atoms with E-state index < -0.39 is 0 Å². The highest BCUT2D eigenvalue weighted by Gasteiger charge is 2.60. The van der Waals surface area contributed by atoms with E-state index in [9.17, 15) is 0 Å². The van der Waals surface area contributed by atoms with Crippen molar-refractivity contribution >= 4 is 0 Å². The predicted molar refractivity (Wildman–Crippen MR) is 128 cm³/mol. The van der Waals surface area contributed by atoms with Gasteiger partial charge >= 0.3 is 0 Å². The van der Waals surface area contributed by atoms with E-state index in [4.69, 9.17) is 18.9 Å². The fraction of sp³-hybridized carbons (Fsp3) is 0.931. The molecule has 2 heterocycles. The zero-order chi connectivity index (χ0) is 22.5. The molecule has 3 saturated carbocycles. The molecule has 5 fully saturated rings. The first-order valence-electron chi connectivity index (χ1n) is 14.3. The lowest BCUT2D eigenvalue weighted by molar-refractivity contribution is -0.245. The van der Waals surface area contributed by atoms with E-state index >= 15 is 0 Å². The molecule has 9 atom stereocenters. The zero-order valence-corrected chi connectivity index (χ0v) is 21.1. The van der Waals surface area contributed by atoms with E-state index in [1.54, 1.807) is 0 Å².